The summed E-state index contributed by atoms with van der Waals surface area (Å²) in [5, 5.41) is 2.80. The minimum absolute atomic E-state index is 0.171. The third kappa shape index (κ3) is 4.96. The number of amides is 1. The Morgan fingerprint density at radius 2 is 1.86 bits per heavy atom. The van der Waals surface area contributed by atoms with Gasteiger partial charge in [-0.25, -0.2) is 9.37 Å². The van der Waals surface area contributed by atoms with Crippen molar-refractivity contribution in [3.63, 3.8) is 0 Å². The lowest BCUT2D eigenvalue weighted by molar-refractivity contribution is -0.151. The normalized spacial score (nSPS) is 18.9. The van der Waals surface area contributed by atoms with E-state index in [0.29, 0.717) is 42.9 Å². The molecule has 0 radical (unpaired) electrons. The molecule has 1 atom stereocenters. The number of benzene rings is 2. The average Bonchev–Trinajstić information content (AvgIpc) is 3.16. The Kier molecular flexibility index (Phi) is 6.11. The van der Waals surface area contributed by atoms with Crippen molar-refractivity contribution in [1.29, 1.82) is 0 Å². The fourth-order valence-corrected chi connectivity index (χ4v) is 4.89. The van der Waals surface area contributed by atoms with Crippen LogP contribution in [0, 0.1) is 11.7 Å². The van der Waals surface area contributed by atoms with Gasteiger partial charge in [-0.3, -0.25) is 9.59 Å². The van der Waals surface area contributed by atoms with E-state index in [1.54, 1.807) is 36.5 Å². The van der Waals surface area contributed by atoms with Crippen molar-refractivity contribution in [2.45, 2.75) is 31.3 Å². The van der Waals surface area contributed by atoms with E-state index < -0.39 is 5.60 Å². The van der Waals surface area contributed by atoms with E-state index in [0.717, 1.165) is 24.2 Å². The van der Waals surface area contributed by atoms with Gasteiger partial charge in [-0.05, 0) is 48.4 Å². The van der Waals surface area contributed by atoms with E-state index in [1.807, 2.05) is 18.2 Å². The number of piperidine rings is 1. The number of para-hydroxylation sites is 2. The molecule has 3 heterocycles. The topological polar surface area (TPSA) is 97.6 Å². The summed E-state index contributed by atoms with van der Waals surface area (Å²) in [5.74, 6) is -0.154. The number of pyridine rings is 1. The third-order valence-electron chi connectivity index (χ3n) is 6.88. The van der Waals surface area contributed by atoms with Gasteiger partial charge in [0.25, 0.3) is 5.91 Å². The molecule has 5 rings (SSSR count). The molecule has 2 aliphatic rings. The molecule has 3 aromatic rings. The zero-order chi connectivity index (χ0) is 24.4. The number of hydrogen-bond donors (Lipinski definition) is 2. The number of aromatic nitrogens is 1. The van der Waals surface area contributed by atoms with Crippen molar-refractivity contribution in [1.82, 2.24) is 4.98 Å². The van der Waals surface area contributed by atoms with Gasteiger partial charge in [0.05, 0.1) is 22.9 Å². The second-order valence-electron chi connectivity index (χ2n) is 9.27. The highest BCUT2D eigenvalue weighted by Crippen LogP contribution is 2.41. The molecular weight excluding hydrogens is 447 g/mol. The number of esters is 1. The van der Waals surface area contributed by atoms with Crippen LogP contribution in [0.4, 0.5) is 21.6 Å². The number of halogens is 1. The lowest BCUT2D eigenvalue weighted by atomic mass is 9.83. The van der Waals surface area contributed by atoms with Gasteiger partial charge in [0, 0.05) is 38.5 Å². The van der Waals surface area contributed by atoms with E-state index in [9.17, 15) is 14.0 Å². The molecule has 2 fully saturated rings. The van der Waals surface area contributed by atoms with Crippen LogP contribution in [0.2, 0.25) is 0 Å². The van der Waals surface area contributed by atoms with Crippen molar-refractivity contribution < 1.29 is 18.7 Å². The minimum Gasteiger partial charge on any atom is -0.459 e. The Morgan fingerprint density at radius 3 is 2.54 bits per heavy atom. The number of nitrogens with two attached hydrogens (primary N) is 1. The van der Waals surface area contributed by atoms with Crippen LogP contribution in [0.15, 0.2) is 66.9 Å². The summed E-state index contributed by atoms with van der Waals surface area (Å²) < 4.78 is 19.1. The second kappa shape index (κ2) is 9.37. The van der Waals surface area contributed by atoms with Crippen molar-refractivity contribution in [2.24, 2.45) is 5.92 Å². The Hall–Kier alpha value is -3.94. The van der Waals surface area contributed by atoms with Gasteiger partial charge in [-0.15, -0.1) is 0 Å². The van der Waals surface area contributed by atoms with E-state index in [-0.39, 0.29) is 23.6 Å². The number of rotatable bonds is 5. The Labute approximate surface area is 203 Å². The predicted molar refractivity (Wildman–Crippen MR) is 132 cm³/mol. The third-order valence-corrected chi connectivity index (χ3v) is 6.88. The van der Waals surface area contributed by atoms with Crippen molar-refractivity contribution >= 4 is 29.1 Å². The van der Waals surface area contributed by atoms with E-state index in [4.69, 9.17) is 10.5 Å². The smallest absolute Gasteiger partial charge is 0.309 e. The SMILES string of the molecule is Nc1ccccc1NC(=O)c1ccc(N2CCC3(CC2)CC(Cc2ccc(F)cc2)C(=O)O3)nc1. The Bertz CT molecular complexity index is 1220. The van der Waals surface area contributed by atoms with Crippen LogP contribution in [-0.2, 0) is 16.0 Å². The second-order valence-corrected chi connectivity index (χ2v) is 9.27. The van der Waals surface area contributed by atoms with Crippen LogP contribution in [0.3, 0.4) is 0 Å². The summed E-state index contributed by atoms with van der Waals surface area (Å²) in [6.07, 6.45) is 4.23. The first-order valence-electron chi connectivity index (χ1n) is 11.7. The molecule has 1 unspecified atom stereocenters. The molecule has 2 aliphatic heterocycles. The number of nitrogens with zero attached hydrogens (tertiary/aromatic N) is 2. The Balaban J connectivity index is 1.17. The summed E-state index contributed by atoms with van der Waals surface area (Å²) in [5.41, 5.74) is 7.89. The summed E-state index contributed by atoms with van der Waals surface area (Å²) in [7, 11) is 0. The lowest BCUT2D eigenvalue weighted by Gasteiger charge is -2.38. The minimum atomic E-state index is -0.451. The fourth-order valence-electron chi connectivity index (χ4n) is 4.89. The standard InChI is InChI=1S/C27H27FN4O3/c28-21-8-5-18(6-9-21)15-20-16-27(35-26(20)34)11-13-32(14-12-27)24-10-7-19(17-30-24)25(33)31-23-4-2-1-3-22(23)29/h1-10,17,20H,11-16,29H2,(H,31,33). The van der Waals surface area contributed by atoms with Crippen LogP contribution in [0.5, 0.6) is 0 Å². The molecule has 3 N–H and O–H groups in total. The maximum absolute atomic E-state index is 13.2. The quantitative estimate of drug-likeness (QED) is 0.425. The molecule has 2 saturated heterocycles. The maximum atomic E-state index is 13.2. The molecule has 1 amide bonds. The Morgan fingerprint density at radius 1 is 1.11 bits per heavy atom. The first-order chi connectivity index (χ1) is 16.9. The highest BCUT2D eigenvalue weighted by atomic mass is 19.1. The van der Waals surface area contributed by atoms with Crippen LogP contribution in [-0.4, -0.2) is 35.6 Å². The van der Waals surface area contributed by atoms with Gasteiger partial charge in [0.15, 0.2) is 0 Å². The molecule has 1 aromatic heterocycles. The van der Waals surface area contributed by atoms with Crippen LogP contribution in [0.25, 0.3) is 0 Å². The van der Waals surface area contributed by atoms with Gasteiger partial charge in [-0.1, -0.05) is 24.3 Å². The fraction of sp³-hybridized carbons (Fsp3) is 0.296. The van der Waals surface area contributed by atoms with Crippen LogP contribution in [0.1, 0.15) is 35.2 Å². The first-order valence-corrected chi connectivity index (χ1v) is 11.7. The number of carbonyl (C=O) groups is 2. The lowest BCUT2D eigenvalue weighted by Crippen LogP contribution is -2.44. The first kappa shape index (κ1) is 22.8. The maximum Gasteiger partial charge on any atom is 0.309 e. The van der Waals surface area contributed by atoms with Crippen LogP contribution < -0.4 is 16.0 Å². The molecule has 0 aliphatic carbocycles. The van der Waals surface area contributed by atoms with E-state index in [1.165, 1.54) is 12.1 Å². The summed E-state index contributed by atoms with van der Waals surface area (Å²) in [6.45, 7) is 1.41. The van der Waals surface area contributed by atoms with Gasteiger partial charge < -0.3 is 20.7 Å². The molecule has 35 heavy (non-hydrogen) atoms. The van der Waals surface area contributed by atoms with Crippen LogP contribution >= 0.6 is 0 Å². The van der Waals surface area contributed by atoms with Crippen molar-refractivity contribution in [3.8, 4) is 0 Å². The van der Waals surface area contributed by atoms with E-state index >= 15 is 0 Å². The van der Waals surface area contributed by atoms with Gasteiger partial charge in [0.2, 0.25) is 0 Å². The number of nitrogen functional groups attached to an aromatic ring is 1. The molecule has 0 bridgehead atoms. The molecule has 180 valence electrons. The summed E-state index contributed by atoms with van der Waals surface area (Å²) in [6, 6.07) is 17.0. The number of hydrogen-bond acceptors (Lipinski definition) is 6. The van der Waals surface area contributed by atoms with Gasteiger partial charge in [-0.2, -0.15) is 0 Å². The number of anilines is 3. The molecule has 0 saturated carbocycles. The number of ether oxygens (including phenoxy) is 1. The van der Waals surface area contributed by atoms with Gasteiger partial charge in [0.1, 0.15) is 17.2 Å². The molecule has 1 spiro atoms. The van der Waals surface area contributed by atoms with E-state index in [2.05, 4.69) is 15.2 Å². The molecule has 7 nitrogen and oxygen atoms in total. The van der Waals surface area contributed by atoms with Crippen molar-refractivity contribution in [2.75, 3.05) is 29.0 Å². The number of nitrogens with one attached hydrogen (secondary N) is 1. The molecular formula is C27H27FN4O3. The predicted octanol–water partition coefficient (Wildman–Crippen LogP) is 4.20. The van der Waals surface area contributed by atoms with Gasteiger partial charge >= 0.3 is 5.97 Å². The number of carbonyl (C=O) groups excluding carboxylic acids is 2. The average molecular weight is 475 g/mol. The monoisotopic (exact) mass is 474 g/mol. The highest BCUT2D eigenvalue weighted by molar-refractivity contribution is 6.05. The molecule has 2 aromatic carbocycles. The summed E-state index contributed by atoms with van der Waals surface area (Å²) in [4.78, 5) is 31.7. The zero-order valence-corrected chi connectivity index (χ0v) is 19.2. The highest BCUT2D eigenvalue weighted by Gasteiger charge is 2.48. The zero-order valence-electron chi connectivity index (χ0n) is 19.2. The largest absolute Gasteiger partial charge is 0.459 e. The summed E-state index contributed by atoms with van der Waals surface area (Å²) >= 11 is 0. The van der Waals surface area contributed by atoms with Crippen molar-refractivity contribution in [3.05, 3.63) is 83.8 Å². The molecule has 8 heteroatoms.